The average molecular weight is 360 g/mol. The van der Waals surface area contributed by atoms with Crippen molar-refractivity contribution in [3.8, 4) is 11.5 Å². The first-order valence-electron chi connectivity index (χ1n) is 6.49. The van der Waals surface area contributed by atoms with E-state index in [-0.39, 0.29) is 17.9 Å². The fraction of sp³-hybridized carbons (Fsp3) is 0.133. The zero-order chi connectivity index (χ0) is 17.8. The van der Waals surface area contributed by atoms with Crippen molar-refractivity contribution in [1.82, 2.24) is 0 Å². The van der Waals surface area contributed by atoms with Gasteiger partial charge in [0.25, 0.3) is 0 Å². The lowest BCUT2D eigenvalue weighted by Crippen LogP contribution is -2.28. The summed E-state index contributed by atoms with van der Waals surface area (Å²) in [6, 6.07) is 11.8. The van der Waals surface area contributed by atoms with Crippen LogP contribution in [0.15, 0.2) is 48.5 Å². The van der Waals surface area contributed by atoms with Gasteiger partial charge in [0.05, 0.1) is 0 Å². The molecule has 128 valence electrons. The van der Waals surface area contributed by atoms with Crippen molar-refractivity contribution in [3.05, 3.63) is 59.7 Å². The van der Waals surface area contributed by atoms with E-state index in [1.165, 1.54) is 0 Å². The second-order valence-corrected chi connectivity index (χ2v) is 6.12. The van der Waals surface area contributed by atoms with Crippen LogP contribution in [0.2, 0.25) is 0 Å². The van der Waals surface area contributed by atoms with E-state index in [1.807, 2.05) is 0 Å². The Morgan fingerprint density at radius 1 is 1.00 bits per heavy atom. The van der Waals surface area contributed by atoms with Crippen molar-refractivity contribution in [2.45, 2.75) is 12.1 Å². The summed E-state index contributed by atoms with van der Waals surface area (Å²) < 4.78 is 69.0. The molecular formula is C15H11F3O5S. The molecule has 0 radical (unpaired) electrons. The van der Waals surface area contributed by atoms with E-state index in [0.717, 1.165) is 18.2 Å². The van der Waals surface area contributed by atoms with Gasteiger partial charge in [0.15, 0.2) is 11.5 Å². The van der Waals surface area contributed by atoms with E-state index < -0.39 is 21.4 Å². The summed E-state index contributed by atoms with van der Waals surface area (Å²) in [6.07, 6.45) is 0.442. The van der Waals surface area contributed by atoms with Crippen LogP contribution in [-0.2, 0) is 16.7 Å². The molecule has 0 fully saturated rings. The number of alkyl halides is 3. The molecule has 0 N–H and O–H groups in total. The minimum absolute atomic E-state index is 0.0500. The molecule has 0 aliphatic rings. The van der Waals surface area contributed by atoms with Crippen molar-refractivity contribution in [1.29, 1.82) is 0 Å². The van der Waals surface area contributed by atoms with Crippen molar-refractivity contribution >= 4 is 16.4 Å². The molecule has 2 aromatic carbocycles. The molecule has 5 nitrogen and oxygen atoms in total. The van der Waals surface area contributed by atoms with E-state index >= 15 is 0 Å². The summed E-state index contributed by atoms with van der Waals surface area (Å²) in [6.45, 7) is -0.0500. The van der Waals surface area contributed by atoms with Gasteiger partial charge in [0, 0.05) is 5.56 Å². The van der Waals surface area contributed by atoms with Crippen molar-refractivity contribution in [2.75, 3.05) is 0 Å². The number of hydrogen-bond acceptors (Lipinski definition) is 5. The van der Waals surface area contributed by atoms with Crippen molar-refractivity contribution in [3.63, 3.8) is 0 Å². The largest absolute Gasteiger partial charge is 0.534 e. The summed E-state index contributed by atoms with van der Waals surface area (Å²) in [5, 5.41) is 0. The van der Waals surface area contributed by atoms with Crippen LogP contribution in [0.25, 0.3) is 0 Å². The first-order chi connectivity index (χ1) is 11.2. The van der Waals surface area contributed by atoms with Gasteiger partial charge in [-0.2, -0.15) is 21.6 Å². The SMILES string of the molecule is O=Cc1ccc(OS(=O)(=O)C(F)(F)F)c(OCc2ccccc2)c1. The second-order valence-electron chi connectivity index (χ2n) is 4.58. The van der Waals surface area contributed by atoms with Gasteiger partial charge < -0.3 is 8.92 Å². The number of ether oxygens (including phenoxy) is 1. The van der Waals surface area contributed by atoms with E-state index in [2.05, 4.69) is 4.18 Å². The highest BCUT2D eigenvalue weighted by molar-refractivity contribution is 7.88. The number of halogens is 3. The molecule has 0 saturated heterocycles. The Hall–Kier alpha value is -2.55. The Bertz CT molecular complexity index is 817. The minimum atomic E-state index is -5.84. The zero-order valence-electron chi connectivity index (χ0n) is 12.0. The molecule has 0 amide bonds. The highest BCUT2D eigenvalue weighted by Crippen LogP contribution is 2.34. The molecule has 0 heterocycles. The predicted molar refractivity (Wildman–Crippen MR) is 78.2 cm³/mol. The molecule has 0 aromatic heterocycles. The van der Waals surface area contributed by atoms with Gasteiger partial charge in [-0.1, -0.05) is 30.3 Å². The lowest BCUT2D eigenvalue weighted by molar-refractivity contribution is -0.0500. The third kappa shape index (κ3) is 4.25. The lowest BCUT2D eigenvalue weighted by atomic mass is 10.2. The highest BCUT2D eigenvalue weighted by Gasteiger charge is 2.48. The summed E-state index contributed by atoms with van der Waals surface area (Å²) in [4.78, 5) is 10.8. The van der Waals surface area contributed by atoms with Gasteiger partial charge in [-0.15, -0.1) is 0 Å². The number of hydrogen-bond donors (Lipinski definition) is 0. The molecule has 0 aliphatic heterocycles. The molecule has 0 bridgehead atoms. The summed E-state index contributed by atoms with van der Waals surface area (Å²) >= 11 is 0. The fourth-order valence-corrected chi connectivity index (χ4v) is 2.15. The van der Waals surface area contributed by atoms with Crippen molar-refractivity contribution in [2.24, 2.45) is 0 Å². The van der Waals surface area contributed by atoms with Crippen LogP contribution in [0.3, 0.4) is 0 Å². The first kappa shape index (κ1) is 17.8. The highest BCUT2D eigenvalue weighted by atomic mass is 32.2. The molecule has 0 spiro atoms. The Morgan fingerprint density at radius 2 is 1.67 bits per heavy atom. The molecule has 0 unspecified atom stereocenters. The van der Waals surface area contributed by atoms with Crippen LogP contribution in [-0.4, -0.2) is 20.2 Å². The van der Waals surface area contributed by atoms with Crippen LogP contribution in [0.1, 0.15) is 15.9 Å². The number of aldehydes is 1. The van der Waals surface area contributed by atoms with Gasteiger partial charge in [-0.3, -0.25) is 4.79 Å². The number of rotatable bonds is 6. The van der Waals surface area contributed by atoms with Crippen molar-refractivity contribution < 1.29 is 35.3 Å². The maximum atomic E-state index is 12.4. The van der Waals surface area contributed by atoms with Crippen LogP contribution < -0.4 is 8.92 Å². The fourth-order valence-electron chi connectivity index (χ4n) is 1.68. The molecule has 0 atom stereocenters. The summed E-state index contributed by atoms with van der Waals surface area (Å²) in [5.41, 5.74) is -4.79. The monoisotopic (exact) mass is 360 g/mol. The third-order valence-electron chi connectivity index (χ3n) is 2.82. The Labute approximate surface area is 135 Å². The molecule has 2 rings (SSSR count). The van der Waals surface area contributed by atoms with Crippen LogP contribution >= 0.6 is 0 Å². The Kier molecular flexibility index (Phi) is 5.13. The average Bonchev–Trinajstić information content (AvgIpc) is 2.53. The van der Waals surface area contributed by atoms with Crippen LogP contribution in [0.5, 0.6) is 11.5 Å². The predicted octanol–water partition coefficient (Wildman–Crippen LogP) is 3.31. The molecular weight excluding hydrogens is 349 g/mol. The van der Waals surface area contributed by atoms with Crippen LogP contribution in [0, 0.1) is 0 Å². The van der Waals surface area contributed by atoms with Gasteiger partial charge in [0.1, 0.15) is 12.9 Å². The number of carbonyl (C=O) groups is 1. The number of carbonyl (C=O) groups excluding carboxylic acids is 1. The van der Waals surface area contributed by atoms with Gasteiger partial charge in [0.2, 0.25) is 0 Å². The van der Waals surface area contributed by atoms with Crippen LogP contribution in [0.4, 0.5) is 13.2 Å². The molecule has 24 heavy (non-hydrogen) atoms. The van der Waals surface area contributed by atoms with E-state index in [0.29, 0.717) is 11.8 Å². The first-order valence-corrected chi connectivity index (χ1v) is 7.90. The van der Waals surface area contributed by atoms with E-state index in [4.69, 9.17) is 4.74 Å². The topological polar surface area (TPSA) is 69.7 Å². The Morgan fingerprint density at radius 3 is 2.25 bits per heavy atom. The minimum Gasteiger partial charge on any atom is -0.485 e. The summed E-state index contributed by atoms with van der Waals surface area (Å²) in [5.74, 6) is -0.954. The lowest BCUT2D eigenvalue weighted by Gasteiger charge is -2.14. The normalized spacial score (nSPS) is 11.8. The van der Waals surface area contributed by atoms with E-state index in [1.54, 1.807) is 30.3 Å². The van der Waals surface area contributed by atoms with Gasteiger partial charge in [-0.05, 0) is 23.8 Å². The maximum absolute atomic E-state index is 12.4. The Balaban J connectivity index is 2.29. The third-order valence-corrected chi connectivity index (χ3v) is 3.79. The number of benzene rings is 2. The second kappa shape index (κ2) is 6.91. The molecule has 0 aliphatic carbocycles. The smallest absolute Gasteiger partial charge is 0.485 e. The van der Waals surface area contributed by atoms with E-state index in [9.17, 15) is 26.4 Å². The standard InChI is InChI=1S/C15H11F3O5S/c16-15(17,18)24(20,21)23-13-7-6-12(9-19)8-14(13)22-10-11-4-2-1-3-5-11/h1-9H,10H2. The van der Waals surface area contributed by atoms with Gasteiger partial charge >= 0.3 is 15.6 Å². The quantitative estimate of drug-likeness (QED) is 0.449. The zero-order valence-corrected chi connectivity index (χ0v) is 12.8. The molecule has 2 aromatic rings. The van der Waals surface area contributed by atoms with Gasteiger partial charge in [-0.25, -0.2) is 0 Å². The maximum Gasteiger partial charge on any atom is 0.534 e. The molecule has 9 heteroatoms. The molecule has 0 saturated carbocycles. The summed E-state index contributed by atoms with van der Waals surface area (Å²) in [7, 11) is -5.84.